The number of hydrogen-bond acceptors (Lipinski definition) is 8. The first-order chi connectivity index (χ1) is 17.6. The van der Waals surface area contributed by atoms with Gasteiger partial charge in [0.1, 0.15) is 29.3 Å². The molecule has 0 amide bonds. The van der Waals surface area contributed by atoms with Gasteiger partial charge < -0.3 is 29.6 Å². The Bertz CT molecular complexity index is 1360. The zero-order chi connectivity index (χ0) is 25.1. The van der Waals surface area contributed by atoms with Crippen LogP contribution in [-0.2, 0) is 9.47 Å². The minimum absolute atomic E-state index is 0.0727. The van der Waals surface area contributed by atoms with Crippen molar-refractivity contribution in [3.05, 3.63) is 77.2 Å². The van der Waals surface area contributed by atoms with Crippen molar-refractivity contribution in [1.82, 2.24) is 15.0 Å². The molecule has 0 spiro atoms. The molecule has 4 aromatic rings. The Labute approximate surface area is 212 Å². The van der Waals surface area contributed by atoms with E-state index in [0.29, 0.717) is 52.5 Å². The maximum absolute atomic E-state index is 13.6. The van der Waals surface area contributed by atoms with Crippen LogP contribution in [0.15, 0.2) is 61.1 Å². The Morgan fingerprint density at radius 3 is 2.78 bits per heavy atom. The number of nitrogens with zero attached hydrogens (tertiary/aromatic N) is 2. The summed E-state index contributed by atoms with van der Waals surface area (Å²) in [6.07, 6.45) is 3.07. The highest BCUT2D eigenvalue weighted by Crippen LogP contribution is 2.32. The predicted octanol–water partition coefficient (Wildman–Crippen LogP) is 4.21. The van der Waals surface area contributed by atoms with E-state index < -0.39 is 0 Å². The number of halogens is 1. The van der Waals surface area contributed by atoms with Gasteiger partial charge in [-0.2, -0.15) is 0 Å². The van der Waals surface area contributed by atoms with Crippen LogP contribution in [0.5, 0.6) is 11.5 Å². The summed E-state index contributed by atoms with van der Waals surface area (Å²) in [6, 6.07) is 14.1. The number of H-pyrrole nitrogens is 1. The first kappa shape index (κ1) is 24.2. The average Bonchev–Trinajstić information content (AvgIpc) is 3.34. The van der Waals surface area contributed by atoms with Gasteiger partial charge in [0.2, 0.25) is 0 Å². The van der Waals surface area contributed by atoms with Crippen molar-refractivity contribution in [2.75, 3.05) is 25.6 Å². The first-order valence-corrected chi connectivity index (χ1v) is 11.9. The fourth-order valence-electron chi connectivity index (χ4n) is 4.30. The molecule has 186 valence electrons. The lowest BCUT2D eigenvalue weighted by atomic mass is 10.0. The molecule has 1 aliphatic heterocycles. The number of methoxy groups -OCH3 is 1. The van der Waals surface area contributed by atoms with Gasteiger partial charge in [-0.15, -0.1) is 0 Å². The van der Waals surface area contributed by atoms with Crippen LogP contribution in [0.2, 0.25) is 5.02 Å². The Morgan fingerprint density at radius 1 is 1.19 bits per heavy atom. The van der Waals surface area contributed by atoms with Crippen molar-refractivity contribution < 1.29 is 24.1 Å². The van der Waals surface area contributed by atoms with Gasteiger partial charge in [-0.25, -0.2) is 9.97 Å². The van der Waals surface area contributed by atoms with Crippen LogP contribution in [0.25, 0.3) is 11.0 Å². The third-order valence-corrected chi connectivity index (χ3v) is 6.48. The molecule has 1 aliphatic rings. The van der Waals surface area contributed by atoms with Crippen molar-refractivity contribution in [1.29, 1.82) is 0 Å². The largest absolute Gasteiger partial charge is 0.457 e. The van der Waals surface area contributed by atoms with E-state index in [2.05, 4.69) is 20.3 Å². The summed E-state index contributed by atoms with van der Waals surface area (Å²) in [5.41, 5.74) is 1.22. The van der Waals surface area contributed by atoms with Crippen molar-refractivity contribution in [2.24, 2.45) is 0 Å². The van der Waals surface area contributed by atoms with E-state index in [1.807, 2.05) is 30.3 Å². The van der Waals surface area contributed by atoms with E-state index >= 15 is 0 Å². The summed E-state index contributed by atoms with van der Waals surface area (Å²) >= 11 is 6.51. The zero-order valence-corrected chi connectivity index (χ0v) is 20.2. The van der Waals surface area contributed by atoms with Gasteiger partial charge in [0.25, 0.3) is 0 Å². The molecule has 3 N–H and O–H groups in total. The Hall–Kier alpha value is -3.50. The van der Waals surface area contributed by atoms with Gasteiger partial charge in [-0.1, -0.05) is 29.8 Å². The summed E-state index contributed by atoms with van der Waals surface area (Å²) < 4.78 is 17.2. The third kappa shape index (κ3) is 4.91. The summed E-state index contributed by atoms with van der Waals surface area (Å²) in [6.45, 7) is 0.244. The fourth-order valence-corrected chi connectivity index (χ4v) is 4.56. The van der Waals surface area contributed by atoms with Crippen molar-refractivity contribution in [3.63, 3.8) is 0 Å². The average molecular weight is 509 g/mol. The van der Waals surface area contributed by atoms with Gasteiger partial charge >= 0.3 is 0 Å². The van der Waals surface area contributed by atoms with E-state index in [9.17, 15) is 9.90 Å². The predicted molar refractivity (Wildman–Crippen MR) is 135 cm³/mol. The summed E-state index contributed by atoms with van der Waals surface area (Å²) in [4.78, 5) is 25.3. The second-order valence-corrected chi connectivity index (χ2v) is 8.84. The normalized spacial score (nSPS) is 19.8. The van der Waals surface area contributed by atoms with Crippen molar-refractivity contribution in [3.8, 4) is 11.5 Å². The number of para-hydroxylation sites is 1. The van der Waals surface area contributed by atoms with Crippen molar-refractivity contribution in [2.45, 2.75) is 24.7 Å². The maximum Gasteiger partial charge on any atom is 0.196 e. The molecule has 0 radical (unpaired) electrons. The monoisotopic (exact) mass is 508 g/mol. The second-order valence-electron chi connectivity index (χ2n) is 8.43. The highest BCUT2D eigenvalue weighted by Gasteiger charge is 2.32. The maximum atomic E-state index is 13.6. The lowest BCUT2D eigenvalue weighted by Crippen LogP contribution is -2.47. The number of ketones is 1. The molecule has 0 aliphatic carbocycles. The highest BCUT2D eigenvalue weighted by atomic mass is 35.5. The molecule has 9 nitrogen and oxygen atoms in total. The molecule has 1 fully saturated rings. The molecule has 3 unspecified atom stereocenters. The number of aliphatic hydroxyl groups excluding tert-OH is 1. The fraction of sp³-hybridized carbons (Fsp3) is 0.269. The van der Waals surface area contributed by atoms with E-state index in [1.54, 1.807) is 31.5 Å². The molecule has 0 bridgehead atoms. The standard InChI is InChI=1S/C26H25ClN4O5/c1-34-22-10-17(12-32)35-13-21(22)31-26-23-19(11-28-25(23)29-14-30-26)24(33)18-8-7-16(9-20(18)27)36-15-5-3-2-4-6-15/h2-9,11,14,17,21-22,32H,10,12-13H2,1H3,(H2,28,29,30,31). The van der Waals surface area contributed by atoms with Gasteiger partial charge in [0.05, 0.1) is 47.4 Å². The van der Waals surface area contributed by atoms with Crippen LogP contribution in [0.3, 0.4) is 0 Å². The van der Waals surface area contributed by atoms with Crippen LogP contribution in [0.4, 0.5) is 5.82 Å². The molecular formula is C26H25ClN4O5. The quantitative estimate of drug-likeness (QED) is 0.303. The zero-order valence-electron chi connectivity index (χ0n) is 19.5. The molecule has 5 rings (SSSR count). The summed E-state index contributed by atoms with van der Waals surface area (Å²) in [7, 11) is 1.62. The number of aromatic nitrogens is 3. The highest BCUT2D eigenvalue weighted by molar-refractivity contribution is 6.35. The van der Waals surface area contributed by atoms with Crippen LogP contribution >= 0.6 is 11.6 Å². The van der Waals surface area contributed by atoms with Crippen LogP contribution in [0.1, 0.15) is 22.3 Å². The Kier molecular flexibility index (Phi) is 7.15. The molecule has 2 aromatic heterocycles. The molecule has 2 aromatic carbocycles. The number of rotatable bonds is 8. The van der Waals surface area contributed by atoms with Crippen LogP contribution < -0.4 is 10.1 Å². The lowest BCUT2D eigenvalue weighted by Gasteiger charge is -2.35. The number of carbonyl (C=O) groups excluding carboxylic acids is 1. The van der Waals surface area contributed by atoms with Crippen molar-refractivity contribution >= 4 is 34.2 Å². The minimum Gasteiger partial charge on any atom is -0.457 e. The Balaban J connectivity index is 1.42. The second kappa shape index (κ2) is 10.6. The number of nitrogens with one attached hydrogen (secondary N) is 2. The number of aliphatic hydroxyl groups is 1. The number of anilines is 1. The van der Waals surface area contributed by atoms with Gasteiger partial charge in [0, 0.05) is 31.4 Å². The smallest absolute Gasteiger partial charge is 0.196 e. The number of benzene rings is 2. The number of carbonyl (C=O) groups is 1. The van der Waals surface area contributed by atoms with Crippen LogP contribution in [-0.4, -0.2) is 64.4 Å². The van der Waals surface area contributed by atoms with Crippen LogP contribution in [0, 0.1) is 0 Å². The molecular weight excluding hydrogens is 484 g/mol. The van der Waals surface area contributed by atoms with Gasteiger partial charge in [-0.05, 0) is 24.3 Å². The Morgan fingerprint density at radius 2 is 2.03 bits per heavy atom. The lowest BCUT2D eigenvalue weighted by molar-refractivity contribution is -0.0831. The van der Waals surface area contributed by atoms with E-state index in [-0.39, 0.29) is 35.7 Å². The molecule has 1 saturated heterocycles. The summed E-state index contributed by atoms with van der Waals surface area (Å²) in [5.74, 6) is 1.39. The molecule has 10 heteroatoms. The SMILES string of the molecule is COC1CC(CO)OCC1Nc1ncnc2[nH]cc(C(=O)c3ccc(Oc4ccccc4)cc3Cl)c12. The van der Waals surface area contributed by atoms with E-state index in [1.165, 1.54) is 6.33 Å². The molecule has 3 atom stereocenters. The molecule has 0 saturated carbocycles. The summed E-state index contributed by atoms with van der Waals surface area (Å²) in [5, 5.41) is 13.6. The van der Waals surface area contributed by atoms with Gasteiger partial charge in [-0.3, -0.25) is 4.79 Å². The van der Waals surface area contributed by atoms with E-state index in [4.69, 9.17) is 25.8 Å². The number of aromatic amines is 1. The number of ether oxygens (including phenoxy) is 3. The number of fused-ring (bicyclic) bond motifs is 1. The minimum atomic E-state index is -0.279. The molecule has 3 heterocycles. The first-order valence-electron chi connectivity index (χ1n) is 11.5. The molecule has 36 heavy (non-hydrogen) atoms. The number of hydrogen-bond donors (Lipinski definition) is 3. The van der Waals surface area contributed by atoms with E-state index in [0.717, 1.165) is 0 Å². The van der Waals surface area contributed by atoms with Gasteiger partial charge in [0.15, 0.2) is 5.78 Å². The third-order valence-electron chi connectivity index (χ3n) is 6.16. The topological polar surface area (TPSA) is 119 Å².